The van der Waals surface area contributed by atoms with Crippen molar-refractivity contribution in [2.45, 2.75) is 33.6 Å². The molecule has 0 aliphatic rings. The number of methoxy groups -OCH3 is 1. The standard InChI is InChI=1S/C12H27NO/c1-10(2)8-12(9-13-4)11(3)6-7-14-5/h10-13H,6-9H2,1-5H3. The van der Waals surface area contributed by atoms with Gasteiger partial charge >= 0.3 is 0 Å². The summed E-state index contributed by atoms with van der Waals surface area (Å²) in [5.41, 5.74) is 0. The molecule has 0 heterocycles. The van der Waals surface area contributed by atoms with Gasteiger partial charge in [0, 0.05) is 13.7 Å². The van der Waals surface area contributed by atoms with Gasteiger partial charge in [-0.3, -0.25) is 0 Å². The van der Waals surface area contributed by atoms with Crippen molar-refractivity contribution in [3.63, 3.8) is 0 Å². The number of ether oxygens (including phenoxy) is 1. The summed E-state index contributed by atoms with van der Waals surface area (Å²) in [5.74, 6) is 2.33. The highest BCUT2D eigenvalue weighted by Gasteiger charge is 2.17. The maximum atomic E-state index is 5.13. The first-order valence-electron chi connectivity index (χ1n) is 5.75. The van der Waals surface area contributed by atoms with Crippen LogP contribution in [-0.4, -0.2) is 27.3 Å². The summed E-state index contributed by atoms with van der Waals surface area (Å²) >= 11 is 0. The number of rotatable bonds is 8. The fourth-order valence-electron chi connectivity index (χ4n) is 1.92. The minimum absolute atomic E-state index is 0.754. The van der Waals surface area contributed by atoms with E-state index in [2.05, 4.69) is 26.1 Å². The summed E-state index contributed by atoms with van der Waals surface area (Å²) in [5, 5.41) is 3.29. The van der Waals surface area contributed by atoms with Crippen LogP contribution in [0, 0.1) is 17.8 Å². The molecule has 14 heavy (non-hydrogen) atoms. The Bertz CT molecular complexity index is 125. The van der Waals surface area contributed by atoms with E-state index in [9.17, 15) is 0 Å². The molecule has 2 atom stereocenters. The lowest BCUT2D eigenvalue weighted by Gasteiger charge is -2.25. The topological polar surface area (TPSA) is 21.3 Å². The molecule has 2 heteroatoms. The van der Waals surface area contributed by atoms with Crippen LogP contribution < -0.4 is 5.32 Å². The second kappa shape index (κ2) is 8.25. The molecule has 0 radical (unpaired) electrons. The van der Waals surface area contributed by atoms with Crippen LogP contribution >= 0.6 is 0 Å². The quantitative estimate of drug-likeness (QED) is 0.651. The molecule has 0 fully saturated rings. The predicted molar refractivity (Wildman–Crippen MR) is 62.5 cm³/mol. The monoisotopic (exact) mass is 201 g/mol. The Kier molecular flexibility index (Phi) is 8.20. The highest BCUT2D eigenvalue weighted by molar-refractivity contribution is 4.70. The van der Waals surface area contributed by atoms with Crippen molar-refractivity contribution in [2.75, 3.05) is 27.3 Å². The normalized spacial score (nSPS) is 15.9. The van der Waals surface area contributed by atoms with Crippen LogP contribution in [-0.2, 0) is 4.74 Å². The third-order valence-electron chi connectivity index (χ3n) is 2.82. The van der Waals surface area contributed by atoms with Crippen molar-refractivity contribution in [2.24, 2.45) is 17.8 Å². The van der Waals surface area contributed by atoms with Crippen LogP contribution in [0.25, 0.3) is 0 Å². The van der Waals surface area contributed by atoms with Gasteiger partial charge in [0.05, 0.1) is 0 Å². The van der Waals surface area contributed by atoms with E-state index in [4.69, 9.17) is 4.74 Å². The van der Waals surface area contributed by atoms with Gasteiger partial charge in [0.1, 0.15) is 0 Å². The maximum absolute atomic E-state index is 5.13. The number of hydrogen-bond donors (Lipinski definition) is 1. The van der Waals surface area contributed by atoms with Crippen LogP contribution in [0.15, 0.2) is 0 Å². The first-order chi connectivity index (χ1) is 6.61. The third kappa shape index (κ3) is 6.39. The van der Waals surface area contributed by atoms with Gasteiger partial charge in [-0.05, 0) is 44.2 Å². The smallest absolute Gasteiger partial charge is 0.0464 e. The van der Waals surface area contributed by atoms with Crippen LogP contribution in [0.4, 0.5) is 0 Å². The van der Waals surface area contributed by atoms with E-state index in [1.807, 2.05) is 7.05 Å². The van der Waals surface area contributed by atoms with Crippen molar-refractivity contribution in [1.82, 2.24) is 5.32 Å². The summed E-state index contributed by atoms with van der Waals surface area (Å²) in [4.78, 5) is 0. The zero-order chi connectivity index (χ0) is 11.0. The van der Waals surface area contributed by atoms with E-state index >= 15 is 0 Å². The van der Waals surface area contributed by atoms with E-state index in [0.29, 0.717) is 0 Å². The largest absolute Gasteiger partial charge is 0.385 e. The van der Waals surface area contributed by atoms with Crippen LogP contribution in [0.3, 0.4) is 0 Å². The molecule has 0 aliphatic heterocycles. The molecular formula is C12H27NO. The van der Waals surface area contributed by atoms with Gasteiger partial charge in [-0.2, -0.15) is 0 Å². The molecule has 86 valence electrons. The predicted octanol–water partition coefficient (Wildman–Crippen LogP) is 2.54. The highest BCUT2D eigenvalue weighted by Crippen LogP contribution is 2.22. The van der Waals surface area contributed by atoms with Gasteiger partial charge in [-0.15, -0.1) is 0 Å². The molecule has 0 rings (SSSR count). The Morgan fingerprint density at radius 1 is 1.21 bits per heavy atom. The summed E-state index contributed by atoms with van der Waals surface area (Å²) in [6, 6.07) is 0. The van der Waals surface area contributed by atoms with Gasteiger partial charge < -0.3 is 10.1 Å². The average Bonchev–Trinajstić information content (AvgIpc) is 2.13. The first kappa shape index (κ1) is 13.9. The lowest BCUT2D eigenvalue weighted by molar-refractivity contribution is 0.158. The lowest BCUT2D eigenvalue weighted by atomic mass is 9.85. The molecule has 0 aromatic heterocycles. The van der Waals surface area contributed by atoms with Crippen LogP contribution in [0.1, 0.15) is 33.6 Å². The average molecular weight is 201 g/mol. The summed E-state index contributed by atoms with van der Waals surface area (Å²) in [6.07, 6.45) is 2.49. The number of hydrogen-bond acceptors (Lipinski definition) is 2. The molecule has 0 bridgehead atoms. The summed E-state index contributed by atoms with van der Waals surface area (Å²) in [6.45, 7) is 8.95. The fourth-order valence-corrected chi connectivity index (χ4v) is 1.92. The molecule has 0 spiro atoms. The maximum Gasteiger partial charge on any atom is 0.0464 e. The summed E-state index contributed by atoms with van der Waals surface area (Å²) in [7, 11) is 3.82. The van der Waals surface area contributed by atoms with Gasteiger partial charge in [0.2, 0.25) is 0 Å². The molecule has 1 N–H and O–H groups in total. The van der Waals surface area contributed by atoms with E-state index in [1.54, 1.807) is 7.11 Å². The van der Waals surface area contributed by atoms with E-state index in [0.717, 1.165) is 30.9 Å². The number of nitrogens with one attached hydrogen (secondary N) is 1. The fraction of sp³-hybridized carbons (Fsp3) is 1.00. The van der Waals surface area contributed by atoms with Gasteiger partial charge in [0.25, 0.3) is 0 Å². The Balaban J connectivity index is 3.90. The Morgan fingerprint density at radius 2 is 1.86 bits per heavy atom. The SMILES string of the molecule is CNCC(CC(C)C)C(C)CCOC. The van der Waals surface area contributed by atoms with Gasteiger partial charge in [-0.25, -0.2) is 0 Å². The molecule has 0 aromatic carbocycles. The van der Waals surface area contributed by atoms with Crippen LogP contribution in [0.2, 0.25) is 0 Å². The molecule has 0 aromatic rings. The third-order valence-corrected chi connectivity index (χ3v) is 2.82. The second-order valence-electron chi connectivity index (χ2n) is 4.71. The Morgan fingerprint density at radius 3 is 2.29 bits per heavy atom. The van der Waals surface area contributed by atoms with Crippen molar-refractivity contribution < 1.29 is 4.74 Å². The minimum Gasteiger partial charge on any atom is -0.385 e. The van der Waals surface area contributed by atoms with Gasteiger partial charge in [0.15, 0.2) is 0 Å². The van der Waals surface area contributed by atoms with Crippen molar-refractivity contribution >= 4 is 0 Å². The van der Waals surface area contributed by atoms with E-state index in [-0.39, 0.29) is 0 Å². The van der Waals surface area contributed by atoms with Crippen LogP contribution in [0.5, 0.6) is 0 Å². The molecule has 0 amide bonds. The van der Waals surface area contributed by atoms with Gasteiger partial charge in [-0.1, -0.05) is 20.8 Å². The molecule has 2 unspecified atom stereocenters. The molecule has 0 saturated carbocycles. The first-order valence-corrected chi connectivity index (χ1v) is 5.75. The molecule has 0 saturated heterocycles. The minimum atomic E-state index is 0.754. The summed E-state index contributed by atoms with van der Waals surface area (Å²) < 4.78 is 5.13. The Labute approximate surface area is 89.4 Å². The van der Waals surface area contributed by atoms with Crippen molar-refractivity contribution in [3.8, 4) is 0 Å². The van der Waals surface area contributed by atoms with E-state index < -0.39 is 0 Å². The lowest BCUT2D eigenvalue weighted by Crippen LogP contribution is -2.26. The zero-order valence-corrected chi connectivity index (χ0v) is 10.5. The molecule has 2 nitrogen and oxygen atoms in total. The van der Waals surface area contributed by atoms with Crippen molar-refractivity contribution in [3.05, 3.63) is 0 Å². The second-order valence-corrected chi connectivity index (χ2v) is 4.71. The highest BCUT2D eigenvalue weighted by atomic mass is 16.5. The molecular weight excluding hydrogens is 174 g/mol. The van der Waals surface area contributed by atoms with E-state index in [1.165, 1.54) is 12.8 Å². The molecule has 0 aliphatic carbocycles. The Hall–Kier alpha value is -0.0800. The zero-order valence-electron chi connectivity index (χ0n) is 10.5. The van der Waals surface area contributed by atoms with Crippen molar-refractivity contribution in [1.29, 1.82) is 0 Å².